The van der Waals surface area contributed by atoms with Gasteiger partial charge in [-0.15, -0.1) is 0 Å². The standard InChI is InChI=1S/C24H26N4O3S/c1-3-4-13-25-23(31)19-7-11-21(12-8-19)28-15-14-26-24(28)32-16-22(30)27-20-9-5-18(6-10-20)17(2)29/h5-12,14-15H,3-4,13,16H2,1-2H3,(H,25,31)(H,27,30). The lowest BCUT2D eigenvalue weighted by Crippen LogP contribution is -2.24. The smallest absolute Gasteiger partial charge is 0.251 e. The molecule has 3 rings (SSSR count). The first-order valence-corrected chi connectivity index (χ1v) is 11.4. The van der Waals surface area contributed by atoms with Crippen LogP contribution >= 0.6 is 11.8 Å². The predicted molar refractivity (Wildman–Crippen MR) is 127 cm³/mol. The lowest BCUT2D eigenvalue weighted by molar-refractivity contribution is -0.113. The molecule has 0 fully saturated rings. The van der Waals surface area contributed by atoms with Crippen molar-refractivity contribution in [1.29, 1.82) is 0 Å². The third-order valence-electron chi connectivity index (χ3n) is 4.74. The number of Topliss-reactive ketones (excluding diaryl/α,β-unsaturated/α-hetero) is 1. The van der Waals surface area contributed by atoms with E-state index in [0.717, 1.165) is 18.5 Å². The van der Waals surface area contributed by atoms with E-state index in [1.165, 1.54) is 18.7 Å². The molecule has 0 aliphatic carbocycles. The van der Waals surface area contributed by atoms with Crippen molar-refractivity contribution in [3.63, 3.8) is 0 Å². The van der Waals surface area contributed by atoms with E-state index in [2.05, 4.69) is 22.5 Å². The molecule has 166 valence electrons. The Hall–Kier alpha value is -3.39. The number of unbranched alkanes of at least 4 members (excludes halogenated alkanes) is 1. The number of nitrogens with zero attached hydrogens (tertiary/aromatic N) is 2. The topological polar surface area (TPSA) is 93.1 Å². The second kappa shape index (κ2) is 11.3. The van der Waals surface area contributed by atoms with Crippen LogP contribution in [0.2, 0.25) is 0 Å². The zero-order valence-corrected chi connectivity index (χ0v) is 18.9. The summed E-state index contributed by atoms with van der Waals surface area (Å²) in [5.41, 5.74) is 2.70. The number of rotatable bonds is 10. The zero-order chi connectivity index (χ0) is 22.9. The minimum Gasteiger partial charge on any atom is -0.352 e. The van der Waals surface area contributed by atoms with E-state index in [1.807, 2.05) is 22.9 Å². The van der Waals surface area contributed by atoms with Crippen LogP contribution in [0.5, 0.6) is 0 Å². The highest BCUT2D eigenvalue weighted by molar-refractivity contribution is 7.99. The number of ketones is 1. The Morgan fingerprint density at radius 2 is 1.69 bits per heavy atom. The Morgan fingerprint density at radius 1 is 1.00 bits per heavy atom. The maximum absolute atomic E-state index is 12.3. The van der Waals surface area contributed by atoms with Crippen LogP contribution < -0.4 is 10.6 Å². The number of aromatic nitrogens is 2. The Morgan fingerprint density at radius 3 is 2.34 bits per heavy atom. The summed E-state index contributed by atoms with van der Waals surface area (Å²) in [6.45, 7) is 4.25. The fourth-order valence-electron chi connectivity index (χ4n) is 2.96. The second-order valence-electron chi connectivity index (χ2n) is 7.21. The van der Waals surface area contributed by atoms with Crippen LogP contribution in [0.4, 0.5) is 5.69 Å². The van der Waals surface area contributed by atoms with Gasteiger partial charge in [0, 0.05) is 41.4 Å². The van der Waals surface area contributed by atoms with Crippen molar-refractivity contribution in [2.75, 3.05) is 17.6 Å². The SMILES string of the molecule is CCCCNC(=O)c1ccc(-n2ccnc2SCC(=O)Nc2ccc(C(C)=O)cc2)cc1. The average Bonchev–Trinajstić information content (AvgIpc) is 3.27. The molecule has 0 saturated carbocycles. The maximum atomic E-state index is 12.3. The number of anilines is 1. The Kier molecular flexibility index (Phi) is 8.21. The molecule has 0 atom stereocenters. The molecule has 0 saturated heterocycles. The van der Waals surface area contributed by atoms with Gasteiger partial charge in [0.05, 0.1) is 5.75 Å². The highest BCUT2D eigenvalue weighted by atomic mass is 32.2. The average molecular weight is 451 g/mol. The van der Waals surface area contributed by atoms with Gasteiger partial charge in [0.15, 0.2) is 10.9 Å². The van der Waals surface area contributed by atoms with Gasteiger partial charge >= 0.3 is 0 Å². The predicted octanol–water partition coefficient (Wildman–Crippen LogP) is 4.34. The molecule has 0 bridgehead atoms. The van der Waals surface area contributed by atoms with E-state index >= 15 is 0 Å². The first-order valence-electron chi connectivity index (χ1n) is 10.4. The van der Waals surface area contributed by atoms with Crippen LogP contribution in [-0.2, 0) is 4.79 Å². The van der Waals surface area contributed by atoms with Crippen molar-refractivity contribution in [2.45, 2.75) is 31.8 Å². The molecule has 0 radical (unpaired) electrons. The van der Waals surface area contributed by atoms with E-state index in [1.54, 1.807) is 42.6 Å². The lowest BCUT2D eigenvalue weighted by Gasteiger charge is -2.09. The molecule has 3 aromatic rings. The third kappa shape index (κ3) is 6.31. The quantitative estimate of drug-likeness (QED) is 0.272. The van der Waals surface area contributed by atoms with Gasteiger partial charge in [-0.05, 0) is 61.9 Å². The van der Waals surface area contributed by atoms with E-state index in [4.69, 9.17) is 0 Å². The number of nitrogens with one attached hydrogen (secondary N) is 2. The van der Waals surface area contributed by atoms with E-state index in [0.29, 0.717) is 28.5 Å². The van der Waals surface area contributed by atoms with Gasteiger partial charge in [-0.1, -0.05) is 25.1 Å². The van der Waals surface area contributed by atoms with Gasteiger partial charge in [0.1, 0.15) is 0 Å². The fourth-order valence-corrected chi connectivity index (χ4v) is 3.74. The molecule has 1 heterocycles. The van der Waals surface area contributed by atoms with E-state index in [9.17, 15) is 14.4 Å². The van der Waals surface area contributed by atoms with Crippen LogP contribution in [-0.4, -0.2) is 39.4 Å². The minimum atomic E-state index is -0.167. The summed E-state index contributed by atoms with van der Waals surface area (Å²) in [5.74, 6) is -0.0866. The number of thioether (sulfide) groups is 1. The summed E-state index contributed by atoms with van der Waals surface area (Å²) in [6, 6.07) is 14.1. The maximum Gasteiger partial charge on any atom is 0.251 e. The molecule has 2 aromatic carbocycles. The van der Waals surface area contributed by atoms with Crippen LogP contribution in [0, 0.1) is 0 Å². The van der Waals surface area contributed by atoms with Crippen molar-refractivity contribution in [1.82, 2.24) is 14.9 Å². The molecule has 0 aliphatic rings. The minimum absolute atomic E-state index is 0.0181. The first-order chi connectivity index (χ1) is 15.5. The van der Waals surface area contributed by atoms with Crippen LogP contribution in [0.3, 0.4) is 0 Å². The highest BCUT2D eigenvalue weighted by Crippen LogP contribution is 2.21. The number of amides is 2. The third-order valence-corrected chi connectivity index (χ3v) is 5.70. The molecule has 1 aromatic heterocycles. The van der Waals surface area contributed by atoms with Crippen molar-refractivity contribution in [3.05, 3.63) is 72.1 Å². The number of carbonyl (C=O) groups excluding carboxylic acids is 3. The van der Waals surface area contributed by atoms with Gasteiger partial charge in [-0.25, -0.2) is 4.98 Å². The molecule has 0 unspecified atom stereocenters. The molecule has 32 heavy (non-hydrogen) atoms. The molecule has 0 spiro atoms. The Bertz CT molecular complexity index is 1080. The van der Waals surface area contributed by atoms with Gasteiger partial charge < -0.3 is 10.6 Å². The van der Waals surface area contributed by atoms with Crippen molar-refractivity contribution < 1.29 is 14.4 Å². The van der Waals surface area contributed by atoms with Gasteiger partial charge in [-0.3, -0.25) is 19.0 Å². The van der Waals surface area contributed by atoms with Crippen LogP contribution in [0.15, 0.2) is 66.1 Å². The van der Waals surface area contributed by atoms with E-state index in [-0.39, 0.29) is 23.4 Å². The highest BCUT2D eigenvalue weighted by Gasteiger charge is 2.11. The molecule has 2 amide bonds. The number of imidazole rings is 1. The number of hydrogen-bond donors (Lipinski definition) is 2. The Balaban J connectivity index is 1.57. The normalized spacial score (nSPS) is 10.6. The van der Waals surface area contributed by atoms with Crippen molar-refractivity contribution in [2.24, 2.45) is 0 Å². The van der Waals surface area contributed by atoms with Gasteiger partial charge in [-0.2, -0.15) is 0 Å². The molecular formula is C24H26N4O3S. The van der Waals surface area contributed by atoms with E-state index < -0.39 is 0 Å². The number of carbonyl (C=O) groups is 3. The van der Waals surface area contributed by atoms with Gasteiger partial charge in [0.25, 0.3) is 5.91 Å². The summed E-state index contributed by atoms with van der Waals surface area (Å²) in [4.78, 5) is 40.2. The molecular weight excluding hydrogens is 424 g/mol. The Labute approximate surface area is 191 Å². The summed E-state index contributed by atoms with van der Waals surface area (Å²) < 4.78 is 1.87. The fraction of sp³-hybridized carbons (Fsp3) is 0.250. The van der Waals surface area contributed by atoms with Crippen LogP contribution in [0.1, 0.15) is 47.4 Å². The summed E-state index contributed by atoms with van der Waals surface area (Å²) in [6.07, 6.45) is 5.48. The second-order valence-corrected chi connectivity index (χ2v) is 8.15. The molecule has 7 nitrogen and oxygen atoms in total. The number of benzene rings is 2. The molecule has 0 aliphatic heterocycles. The van der Waals surface area contributed by atoms with Crippen LogP contribution in [0.25, 0.3) is 5.69 Å². The summed E-state index contributed by atoms with van der Waals surface area (Å²) in [5, 5.41) is 6.39. The summed E-state index contributed by atoms with van der Waals surface area (Å²) >= 11 is 1.31. The summed E-state index contributed by atoms with van der Waals surface area (Å²) in [7, 11) is 0. The zero-order valence-electron chi connectivity index (χ0n) is 18.1. The monoisotopic (exact) mass is 450 g/mol. The first kappa shape index (κ1) is 23.3. The largest absolute Gasteiger partial charge is 0.352 e. The molecule has 8 heteroatoms. The number of hydrogen-bond acceptors (Lipinski definition) is 5. The van der Waals surface area contributed by atoms with Gasteiger partial charge in [0.2, 0.25) is 5.91 Å². The van der Waals surface area contributed by atoms with Crippen molar-refractivity contribution in [3.8, 4) is 5.69 Å². The van der Waals surface area contributed by atoms with Crippen molar-refractivity contribution >= 4 is 35.0 Å². The lowest BCUT2D eigenvalue weighted by atomic mass is 10.1. The molecule has 2 N–H and O–H groups in total.